The Morgan fingerprint density at radius 3 is 2.30 bits per heavy atom. The van der Waals surface area contributed by atoms with Gasteiger partial charge in [0.25, 0.3) is 5.91 Å². The van der Waals surface area contributed by atoms with E-state index in [1.54, 1.807) is 24.3 Å². The zero-order valence-corrected chi connectivity index (χ0v) is 15.5. The minimum Gasteiger partial charge on any atom is -0.350 e. The van der Waals surface area contributed by atoms with Crippen molar-refractivity contribution >= 4 is 27.5 Å². The summed E-state index contributed by atoms with van der Waals surface area (Å²) in [7, 11) is -3.24. The number of nitrogens with zero attached hydrogens (tertiary/aromatic N) is 1. The fourth-order valence-electron chi connectivity index (χ4n) is 2.83. The Labute approximate surface area is 158 Å². The molecule has 2 N–H and O–H groups in total. The summed E-state index contributed by atoms with van der Waals surface area (Å²) >= 11 is 0. The van der Waals surface area contributed by atoms with Gasteiger partial charge in [0, 0.05) is 18.7 Å². The minimum atomic E-state index is -3.24. The van der Waals surface area contributed by atoms with E-state index in [1.165, 1.54) is 4.31 Å². The Bertz CT molecular complexity index is 912. The van der Waals surface area contributed by atoms with Crippen LogP contribution in [0.25, 0.3) is 0 Å². The average Bonchev–Trinajstić information content (AvgIpc) is 3.04. The van der Waals surface area contributed by atoms with E-state index in [4.69, 9.17) is 0 Å². The molecular weight excluding hydrogens is 366 g/mol. The number of carbonyl (C=O) groups is 2. The molecule has 1 aliphatic rings. The number of carbonyl (C=O) groups excluding carboxylic acids is 2. The third kappa shape index (κ3) is 4.85. The lowest BCUT2D eigenvalue weighted by Crippen LogP contribution is -2.36. The molecule has 27 heavy (non-hydrogen) atoms. The van der Waals surface area contributed by atoms with Gasteiger partial charge >= 0.3 is 0 Å². The van der Waals surface area contributed by atoms with Crippen molar-refractivity contribution in [2.24, 2.45) is 0 Å². The summed E-state index contributed by atoms with van der Waals surface area (Å²) in [5.41, 5.74) is 1.89. The summed E-state index contributed by atoms with van der Waals surface area (Å²) in [6.45, 7) is 0.720. The SMILES string of the molecule is O=C(CNC(=O)c1ccc(N2CCCS2(=O)=O)cc1)NCc1ccccc1. The van der Waals surface area contributed by atoms with Crippen LogP contribution in [0.3, 0.4) is 0 Å². The van der Waals surface area contributed by atoms with Crippen molar-refractivity contribution in [3.63, 3.8) is 0 Å². The molecule has 0 unspecified atom stereocenters. The molecule has 1 fully saturated rings. The fourth-order valence-corrected chi connectivity index (χ4v) is 4.39. The first kappa shape index (κ1) is 18.9. The van der Waals surface area contributed by atoms with Gasteiger partial charge in [0.1, 0.15) is 0 Å². The Morgan fingerprint density at radius 2 is 1.67 bits per heavy atom. The number of hydrogen-bond acceptors (Lipinski definition) is 4. The fraction of sp³-hybridized carbons (Fsp3) is 0.263. The number of rotatable bonds is 6. The number of anilines is 1. The molecule has 0 radical (unpaired) electrons. The monoisotopic (exact) mass is 387 g/mol. The van der Waals surface area contributed by atoms with E-state index < -0.39 is 10.0 Å². The predicted molar refractivity (Wildman–Crippen MR) is 103 cm³/mol. The molecule has 1 aliphatic heterocycles. The summed E-state index contributed by atoms with van der Waals surface area (Å²) in [5.74, 6) is -0.527. The van der Waals surface area contributed by atoms with Crippen molar-refractivity contribution in [1.29, 1.82) is 0 Å². The topological polar surface area (TPSA) is 95.6 Å². The highest BCUT2D eigenvalue weighted by Crippen LogP contribution is 2.24. The quantitative estimate of drug-likeness (QED) is 0.780. The van der Waals surface area contributed by atoms with Crippen LogP contribution in [-0.2, 0) is 21.4 Å². The number of nitrogens with one attached hydrogen (secondary N) is 2. The number of sulfonamides is 1. The summed E-state index contributed by atoms with van der Waals surface area (Å²) in [5, 5.41) is 5.29. The molecule has 2 aromatic carbocycles. The van der Waals surface area contributed by atoms with Crippen LogP contribution < -0.4 is 14.9 Å². The number of benzene rings is 2. The molecular formula is C19H21N3O4S. The van der Waals surface area contributed by atoms with E-state index in [0.717, 1.165) is 5.56 Å². The molecule has 3 rings (SSSR count). The first-order chi connectivity index (χ1) is 13.0. The minimum absolute atomic E-state index is 0.131. The van der Waals surface area contributed by atoms with Gasteiger partial charge in [0.05, 0.1) is 18.0 Å². The molecule has 0 atom stereocenters. The largest absolute Gasteiger partial charge is 0.350 e. The average molecular weight is 387 g/mol. The molecule has 0 saturated carbocycles. The Morgan fingerprint density at radius 1 is 0.963 bits per heavy atom. The van der Waals surface area contributed by atoms with Crippen LogP contribution in [0.2, 0.25) is 0 Å². The van der Waals surface area contributed by atoms with Gasteiger partial charge in [-0.2, -0.15) is 0 Å². The Kier molecular flexibility index (Phi) is 5.75. The van der Waals surface area contributed by atoms with Crippen molar-refractivity contribution in [2.75, 3.05) is 23.1 Å². The number of hydrogen-bond donors (Lipinski definition) is 2. The summed E-state index contributed by atoms with van der Waals surface area (Å²) < 4.78 is 25.2. The molecule has 0 aromatic heterocycles. The molecule has 1 saturated heterocycles. The van der Waals surface area contributed by atoms with Crippen molar-refractivity contribution in [2.45, 2.75) is 13.0 Å². The third-order valence-electron chi connectivity index (χ3n) is 4.26. The highest BCUT2D eigenvalue weighted by atomic mass is 32.2. The van der Waals surface area contributed by atoms with Crippen LogP contribution in [0.4, 0.5) is 5.69 Å². The van der Waals surface area contributed by atoms with Crippen molar-refractivity contribution in [3.05, 3.63) is 65.7 Å². The summed E-state index contributed by atoms with van der Waals surface area (Å²) in [6.07, 6.45) is 0.600. The van der Waals surface area contributed by atoms with Gasteiger partial charge in [0.15, 0.2) is 0 Å². The second-order valence-corrected chi connectivity index (χ2v) is 8.25. The van der Waals surface area contributed by atoms with E-state index >= 15 is 0 Å². The van der Waals surface area contributed by atoms with Gasteiger partial charge in [0.2, 0.25) is 15.9 Å². The van der Waals surface area contributed by atoms with Gasteiger partial charge in [-0.25, -0.2) is 8.42 Å². The molecule has 7 nitrogen and oxygen atoms in total. The number of amides is 2. The maximum absolute atomic E-state index is 12.2. The van der Waals surface area contributed by atoms with E-state index in [1.807, 2.05) is 30.3 Å². The van der Waals surface area contributed by atoms with Crippen molar-refractivity contribution in [3.8, 4) is 0 Å². The van der Waals surface area contributed by atoms with Crippen molar-refractivity contribution in [1.82, 2.24) is 10.6 Å². The van der Waals surface area contributed by atoms with Gasteiger partial charge in [-0.05, 0) is 36.2 Å². The van der Waals surface area contributed by atoms with E-state index in [0.29, 0.717) is 30.8 Å². The summed E-state index contributed by atoms with van der Waals surface area (Å²) in [4.78, 5) is 24.0. The maximum atomic E-state index is 12.2. The molecule has 0 aliphatic carbocycles. The predicted octanol–water partition coefficient (Wildman–Crippen LogP) is 1.27. The first-order valence-corrected chi connectivity index (χ1v) is 10.3. The Hall–Kier alpha value is -2.87. The maximum Gasteiger partial charge on any atom is 0.251 e. The van der Waals surface area contributed by atoms with E-state index in [9.17, 15) is 18.0 Å². The second kappa shape index (κ2) is 8.22. The zero-order chi connectivity index (χ0) is 19.3. The van der Waals surface area contributed by atoms with Crippen LogP contribution in [0.5, 0.6) is 0 Å². The second-order valence-electron chi connectivity index (χ2n) is 6.23. The molecule has 142 valence electrons. The lowest BCUT2D eigenvalue weighted by molar-refractivity contribution is -0.120. The van der Waals surface area contributed by atoms with Crippen LogP contribution in [0.1, 0.15) is 22.3 Å². The Balaban J connectivity index is 1.50. The smallest absolute Gasteiger partial charge is 0.251 e. The van der Waals surface area contributed by atoms with Crippen LogP contribution in [0, 0.1) is 0 Å². The molecule has 8 heteroatoms. The molecule has 2 aromatic rings. The van der Waals surface area contributed by atoms with Crippen molar-refractivity contribution < 1.29 is 18.0 Å². The van der Waals surface area contributed by atoms with E-state index in [-0.39, 0.29) is 24.1 Å². The first-order valence-electron chi connectivity index (χ1n) is 8.65. The van der Waals surface area contributed by atoms with E-state index in [2.05, 4.69) is 10.6 Å². The van der Waals surface area contributed by atoms with Crippen LogP contribution in [-0.4, -0.2) is 39.1 Å². The van der Waals surface area contributed by atoms with Gasteiger partial charge in [-0.15, -0.1) is 0 Å². The zero-order valence-electron chi connectivity index (χ0n) is 14.7. The summed E-state index contributed by atoms with van der Waals surface area (Å²) in [6, 6.07) is 15.8. The lowest BCUT2D eigenvalue weighted by atomic mass is 10.2. The molecule has 1 heterocycles. The normalized spacial score (nSPS) is 15.3. The third-order valence-corrected chi connectivity index (χ3v) is 6.13. The van der Waals surface area contributed by atoms with Gasteiger partial charge in [-0.3, -0.25) is 13.9 Å². The van der Waals surface area contributed by atoms with Gasteiger partial charge < -0.3 is 10.6 Å². The highest BCUT2D eigenvalue weighted by molar-refractivity contribution is 7.93. The molecule has 0 bridgehead atoms. The standard InChI is InChI=1S/C19H21N3O4S/c23-18(20-13-15-5-2-1-3-6-15)14-21-19(24)16-7-9-17(10-8-16)22-11-4-12-27(22,25)26/h1-3,5-10H,4,11-14H2,(H,20,23)(H,21,24). The van der Waals surface area contributed by atoms with Crippen LogP contribution in [0.15, 0.2) is 54.6 Å². The molecule has 0 spiro atoms. The highest BCUT2D eigenvalue weighted by Gasteiger charge is 2.28. The lowest BCUT2D eigenvalue weighted by Gasteiger charge is -2.17. The van der Waals surface area contributed by atoms with Crippen LogP contribution >= 0.6 is 0 Å². The van der Waals surface area contributed by atoms with Gasteiger partial charge in [-0.1, -0.05) is 30.3 Å². The molecule has 2 amide bonds.